The third-order valence-corrected chi connectivity index (χ3v) is 4.33. The average molecular weight is 302 g/mol. The van der Waals surface area contributed by atoms with Crippen LogP contribution in [0.2, 0.25) is 0 Å². The van der Waals surface area contributed by atoms with Gasteiger partial charge in [0.05, 0.1) is 11.1 Å². The zero-order valence-electron chi connectivity index (χ0n) is 14.4. The first-order valence-corrected chi connectivity index (χ1v) is 7.87. The summed E-state index contributed by atoms with van der Waals surface area (Å²) >= 11 is 0. The van der Waals surface area contributed by atoms with Gasteiger partial charge >= 0.3 is 0 Å². The zero-order chi connectivity index (χ0) is 16.1. The molecular formula is C16H26N6. The number of hydrogen-bond acceptors (Lipinski definition) is 5. The van der Waals surface area contributed by atoms with Crippen molar-refractivity contribution in [3.8, 4) is 0 Å². The summed E-state index contributed by atoms with van der Waals surface area (Å²) < 4.78 is 1.81. The summed E-state index contributed by atoms with van der Waals surface area (Å²) in [6.07, 6.45) is 3.73. The van der Waals surface area contributed by atoms with Crippen molar-refractivity contribution in [3.63, 3.8) is 0 Å². The molecule has 0 saturated carbocycles. The third-order valence-electron chi connectivity index (χ3n) is 4.33. The Morgan fingerprint density at radius 1 is 1.18 bits per heavy atom. The number of rotatable bonds is 2. The summed E-state index contributed by atoms with van der Waals surface area (Å²) in [4.78, 5) is 8.82. The van der Waals surface area contributed by atoms with Crippen molar-refractivity contribution in [2.24, 2.45) is 7.05 Å². The van der Waals surface area contributed by atoms with Gasteiger partial charge in [0.15, 0.2) is 5.65 Å². The first-order chi connectivity index (χ1) is 10.2. The molecule has 1 saturated heterocycles. The maximum atomic E-state index is 4.47. The molecule has 0 radical (unpaired) electrons. The first kappa shape index (κ1) is 15.2. The molecule has 2 aromatic rings. The third kappa shape index (κ3) is 2.79. The van der Waals surface area contributed by atoms with E-state index in [2.05, 4.69) is 53.4 Å². The molecule has 6 nitrogen and oxygen atoms in total. The minimum absolute atomic E-state index is 0.107. The predicted octanol–water partition coefficient (Wildman–Crippen LogP) is 2.39. The summed E-state index contributed by atoms with van der Waals surface area (Å²) in [5.41, 5.74) is 2.06. The van der Waals surface area contributed by atoms with Crippen LogP contribution in [0.1, 0.15) is 46.2 Å². The maximum absolute atomic E-state index is 4.47. The molecule has 1 aliphatic rings. The number of fused-ring (bicyclic) bond motifs is 1. The van der Waals surface area contributed by atoms with Crippen LogP contribution < -0.4 is 10.6 Å². The van der Waals surface area contributed by atoms with Gasteiger partial charge in [-0.2, -0.15) is 5.10 Å². The SMILES string of the molecule is Cc1nn(C)c2ncnc(NC3CC(C)(C)NC(C)(C)C3)c12. The molecule has 1 fully saturated rings. The van der Waals surface area contributed by atoms with E-state index >= 15 is 0 Å². The Labute approximate surface area is 131 Å². The van der Waals surface area contributed by atoms with Crippen molar-refractivity contribution in [1.82, 2.24) is 25.1 Å². The summed E-state index contributed by atoms with van der Waals surface area (Å²) in [5, 5.41) is 12.8. The summed E-state index contributed by atoms with van der Waals surface area (Å²) in [7, 11) is 1.92. The molecule has 22 heavy (non-hydrogen) atoms. The van der Waals surface area contributed by atoms with E-state index in [1.165, 1.54) is 0 Å². The number of hydrogen-bond donors (Lipinski definition) is 2. The summed E-state index contributed by atoms with van der Waals surface area (Å²) in [5.74, 6) is 0.897. The van der Waals surface area contributed by atoms with Crippen LogP contribution in [0.5, 0.6) is 0 Å². The standard InChI is InChI=1S/C16H26N6/c1-10-12-13(17-9-18-14(12)22(6)20-10)19-11-7-15(2,3)21-16(4,5)8-11/h9,11,21H,7-8H2,1-6H3,(H,17,18,19). The number of aryl methyl sites for hydroxylation is 2. The van der Waals surface area contributed by atoms with Crippen molar-refractivity contribution >= 4 is 16.9 Å². The van der Waals surface area contributed by atoms with Gasteiger partial charge in [0.1, 0.15) is 12.1 Å². The molecule has 0 amide bonds. The van der Waals surface area contributed by atoms with Crippen molar-refractivity contribution < 1.29 is 0 Å². The van der Waals surface area contributed by atoms with E-state index in [1.54, 1.807) is 6.33 Å². The Bertz CT molecular complexity index is 684. The van der Waals surface area contributed by atoms with Crippen LogP contribution in [0.3, 0.4) is 0 Å². The number of piperidine rings is 1. The van der Waals surface area contributed by atoms with E-state index in [9.17, 15) is 0 Å². The summed E-state index contributed by atoms with van der Waals surface area (Å²) in [6, 6.07) is 0.379. The zero-order valence-corrected chi connectivity index (χ0v) is 14.4. The number of aromatic nitrogens is 4. The second kappa shape index (κ2) is 4.91. The molecule has 0 unspecified atom stereocenters. The van der Waals surface area contributed by atoms with E-state index in [0.29, 0.717) is 6.04 Å². The Kier molecular flexibility index (Phi) is 3.40. The van der Waals surface area contributed by atoms with E-state index < -0.39 is 0 Å². The van der Waals surface area contributed by atoms with Crippen molar-refractivity contribution in [2.75, 3.05) is 5.32 Å². The molecule has 2 N–H and O–H groups in total. The second-order valence-corrected chi connectivity index (χ2v) is 7.77. The quantitative estimate of drug-likeness (QED) is 0.891. The van der Waals surface area contributed by atoms with Gasteiger partial charge in [-0.05, 0) is 47.5 Å². The van der Waals surface area contributed by atoms with Crippen molar-refractivity contribution in [1.29, 1.82) is 0 Å². The number of anilines is 1. The minimum Gasteiger partial charge on any atom is -0.366 e. The van der Waals surface area contributed by atoms with Crippen LogP contribution in [-0.2, 0) is 7.05 Å². The minimum atomic E-state index is 0.107. The van der Waals surface area contributed by atoms with E-state index in [4.69, 9.17) is 0 Å². The van der Waals surface area contributed by atoms with E-state index in [0.717, 1.165) is 35.4 Å². The molecule has 2 aromatic heterocycles. The highest BCUT2D eigenvalue weighted by Gasteiger charge is 2.37. The Hall–Kier alpha value is -1.69. The van der Waals surface area contributed by atoms with Gasteiger partial charge in [0.25, 0.3) is 0 Å². The fraction of sp³-hybridized carbons (Fsp3) is 0.688. The monoisotopic (exact) mass is 302 g/mol. The molecule has 6 heteroatoms. The predicted molar refractivity (Wildman–Crippen MR) is 89.0 cm³/mol. The lowest BCUT2D eigenvalue weighted by Gasteiger charge is -2.46. The molecule has 0 atom stereocenters. The normalized spacial score (nSPS) is 21.2. The van der Waals surface area contributed by atoms with Crippen LogP contribution >= 0.6 is 0 Å². The second-order valence-electron chi connectivity index (χ2n) is 7.77. The van der Waals surface area contributed by atoms with Crippen molar-refractivity contribution in [2.45, 2.75) is 64.6 Å². The highest BCUT2D eigenvalue weighted by molar-refractivity contribution is 5.89. The molecule has 0 bridgehead atoms. The highest BCUT2D eigenvalue weighted by Crippen LogP contribution is 2.31. The fourth-order valence-electron chi connectivity index (χ4n) is 4.00. The largest absolute Gasteiger partial charge is 0.366 e. The molecule has 3 rings (SSSR count). The Morgan fingerprint density at radius 2 is 1.82 bits per heavy atom. The molecule has 1 aliphatic heterocycles. The topological polar surface area (TPSA) is 67.7 Å². The van der Waals surface area contributed by atoms with Gasteiger partial charge in [0.2, 0.25) is 0 Å². The van der Waals surface area contributed by atoms with Gasteiger partial charge < -0.3 is 10.6 Å². The van der Waals surface area contributed by atoms with Gasteiger partial charge in [-0.1, -0.05) is 0 Å². The molecule has 0 aromatic carbocycles. The highest BCUT2D eigenvalue weighted by atomic mass is 15.3. The van der Waals surface area contributed by atoms with Crippen LogP contribution in [0, 0.1) is 6.92 Å². The lowest BCUT2D eigenvalue weighted by molar-refractivity contribution is 0.170. The average Bonchev–Trinajstić information content (AvgIpc) is 2.62. The van der Waals surface area contributed by atoms with Crippen LogP contribution in [0.15, 0.2) is 6.33 Å². The smallest absolute Gasteiger partial charge is 0.163 e. The molecule has 120 valence electrons. The lowest BCUT2D eigenvalue weighted by atomic mass is 9.79. The van der Waals surface area contributed by atoms with Gasteiger partial charge in [-0.25, -0.2) is 9.97 Å². The first-order valence-electron chi connectivity index (χ1n) is 7.87. The molecular weight excluding hydrogens is 276 g/mol. The molecule has 0 aliphatic carbocycles. The van der Waals surface area contributed by atoms with Crippen molar-refractivity contribution in [3.05, 3.63) is 12.0 Å². The summed E-state index contributed by atoms with van der Waals surface area (Å²) in [6.45, 7) is 11.0. The maximum Gasteiger partial charge on any atom is 0.163 e. The van der Waals surface area contributed by atoms with Gasteiger partial charge in [0, 0.05) is 24.2 Å². The molecule has 0 spiro atoms. The van der Waals surface area contributed by atoms with Crippen LogP contribution in [0.4, 0.5) is 5.82 Å². The lowest BCUT2D eigenvalue weighted by Crippen LogP contribution is -2.60. The van der Waals surface area contributed by atoms with Crippen LogP contribution in [-0.4, -0.2) is 36.9 Å². The van der Waals surface area contributed by atoms with Gasteiger partial charge in [-0.15, -0.1) is 0 Å². The Balaban J connectivity index is 1.93. The fourth-order valence-corrected chi connectivity index (χ4v) is 4.00. The number of nitrogens with zero attached hydrogens (tertiary/aromatic N) is 4. The number of nitrogens with one attached hydrogen (secondary N) is 2. The van der Waals surface area contributed by atoms with Crippen LogP contribution in [0.25, 0.3) is 11.0 Å². The van der Waals surface area contributed by atoms with E-state index in [1.807, 2.05) is 18.7 Å². The van der Waals surface area contributed by atoms with E-state index in [-0.39, 0.29) is 11.1 Å². The van der Waals surface area contributed by atoms with Gasteiger partial charge in [-0.3, -0.25) is 4.68 Å². The molecule has 3 heterocycles. The Morgan fingerprint density at radius 3 is 2.45 bits per heavy atom.